The number of carbonyl (C=O) groups excluding carboxylic acids is 1. The van der Waals surface area contributed by atoms with Crippen molar-refractivity contribution in [3.05, 3.63) is 29.7 Å². The Hall–Kier alpha value is -2.02. The Morgan fingerprint density at radius 1 is 1.22 bits per heavy atom. The molecule has 2 aromatic heterocycles. The lowest BCUT2D eigenvalue weighted by Crippen LogP contribution is -2.38. The number of nitrogens with zero attached hydrogens (tertiary/aromatic N) is 4. The van der Waals surface area contributed by atoms with Crippen LogP contribution in [0.4, 0.5) is 10.9 Å². The third-order valence-corrected chi connectivity index (χ3v) is 5.26. The molecule has 1 amide bonds. The van der Waals surface area contributed by atoms with Gasteiger partial charge in [0.2, 0.25) is 5.91 Å². The van der Waals surface area contributed by atoms with E-state index >= 15 is 0 Å². The van der Waals surface area contributed by atoms with Gasteiger partial charge in [-0.05, 0) is 25.7 Å². The number of hydrogen-bond donors (Lipinski definition) is 1. The summed E-state index contributed by atoms with van der Waals surface area (Å²) in [4.78, 5) is 27.5. The smallest absolute Gasteiger partial charge is 0.229 e. The van der Waals surface area contributed by atoms with Crippen molar-refractivity contribution in [1.82, 2.24) is 15.0 Å². The molecule has 0 aromatic carbocycles. The van der Waals surface area contributed by atoms with Gasteiger partial charge in [-0.3, -0.25) is 9.78 Å². The lowest BCUT2D eigenvalue weighted by molar-refractivity contribution is -0.120. The van der Waals surface area contributed by atoms with Gasteiger partial charge >= 0.3 is 0 Å². The molecule has 120 valence electrons. The summed E-state index contributed by atoms with van der Waals surface area (Å²) in [5.41, 5.74) is 1.14. The number of piperidine rings is 1. The summed E-state index contributed by atoms with van der Waals surface area (Å²) in [6, 6.07) is 0. The molecule has 0 radical (unpaired) electrons. The number of nitrogens with one attached hydrogen (secondary N) is 1. The van der Waals surface area contributed by atoms with E-state index in [0.29, 0.717) is 5.92 Å². The van der Waals surface area contributed by atoms with Crippen LogP contribution >= 0.6 is 11.3 Å². The summed E-state index contributed by atoms with van der Waals surface area (Å²) in [7, 11) is 0. The first-order valence-electron chi connectivity index (χ1n) is 8.07. The largest absolute Gasteiger partial charge is 0.355 e. The molecule has 1 aliphatic heterocycles. The number of hydrogen-bond acceptors (Lipinski definition) is 6. The molecule has 1 saturated carbocycles. The Balaban J connectivity index is 1.31. The zero-order chi connectivity index (χ0) is 15.6. The van der Waals surface area contributed by atoms with Crippen molar-refractivity contribution in [2.75, 3.05) is 23.3 Å². The van der Waals surface area contributed by atoms with Gasteiger partial charge in [0.25, 0.3) is 0 Å². The highest BCUT2D eigenvalue weighted by Gasteiger charge is 2.28. The van der Waals surface area contributed by atoms with E-state index in [4.69, 9.17) is 0 Å². The predicted molar refractivity (Wildman–Crippen MR) is 89.7 cm³/mol. The molecule has 2 fully saturated rings. The molecule has 2 aliphatic rings. The molecule has 3 heterocycles. The molecule has 0 unspecified atom stereocenters. The van der Waals surface area contributed by atoms with Crippen LogP contribution in [0.3, 0.4) is 0 Å². The maximum atomic E-state index is 12.4. The van der Waals surface area contributed by atoms with Crippen LogP contribution < -0.4 is 10.2 Å². The second-order valence-corrected chi connectivity index (χ2v) is 7.02. The van der Waals surface area contributed by atoms with Crippen LogP contribution in [0.15, 0.2) is 24.0 Å². The minimum atomic E-state index is 0.0520. The zero-order valence-corrected chi connectivity index (χ0v) is 13.6. The fourth-order valence-electron chi connectivity index (χ4n) is 2.94. The number of rotatable bonds is 4. The van der Waals surface area contributed by atoms with E-state index in [2.05, 4.69) is 30.5 Å². The van der Waals surface area contributed by atoms with Gasteiger partial charge < -0.3 is 10.2 Å². The van der Waals surface area contributed by atoms with Crippen LogP contribution in [-0.2, 0) is 4.79 Å². The quantitative estimate of drug-likeness (QED) is 0.934. The van der Waals surface area contributed by atoms with Crippen LogP contribution in [-0.4, -0.2) is 33.9 Å². The van der Waals surface area contributed by atoms with Crippen LogP contribution in [0, 0.1) is 5.92 Å². The van der Waals surface area contributed by atoms with E-state index < -0.39 is 0 Å². The molecule has 4 rings (SSSR count). The lowest BCUT2D eigenvalue weighted by atomic mass is 9.96. The van der Waals surface area contributed by atoms with Gasteiger partial charge in [0.1, 0.15) is 5.82 Å². The van der Waals surface area contributed by atoms with E-state index in [-0.39, 0.29) is 11.8 Å². The molecule has 1 aliphatic carbocycles. The van der Waals surface area contributed by atoms with Gasteiger partial charge in [0.15, 0.2) is 5.13 Å². The average molecular weight is 329 g/mol. The van der Waals surface area contributed by atoms with E-state index in [1.165, 1.54) is 24.2 Å². The van der Waals surface area contributed by atoms with Crippen molar-refractivity contribution in [1.29, 1.82) is 0 Å². The van der Waals surface area contributed by atoms with Crippen LogP contribution in [0.1, 0.15) is 37.3 Å². The minimum absolute atomic E-state index is 0.0520. The van der Waals surface area contributed by atoms with Gasteiger partial charge in [-0.25, -0.2) is 9.97 Å². The van der Waals surface area contributed by atoms with Crippen molar-refractivity contribution < 1.29 is 4.79 Å². The maximum Gasteiger partial charge on any atom is 0.229 e. The van der Waals surface area contributed by atoms with Gasteiger partial charge in [0, 0.05) is 42.7 Å². The number of amides is 1. The highest BCUT2D eigenvalue weighted by Crippen LogP contribution is 2.41. The van der Waals surface area contributed by atoms with Gasteiger partial charge in [-0.1, -0.05) is 0 Å². The summed E-state index contributed by atoms with van der Waals surface area (Å²) in [5, 5.41) is 5.81. The van der Waals surface area contributed by atoms with Crippen LogP contribution in [0.2, 0.25) is 0 Å². The van der Waals surface area contributed by atoms with Crippen molar-refractivity contribution in [3.63, 3.8) is 0 Å². The number of anilines is 2. The van der Waals surface area contributed by atoms with Gasteiger partial charge in [0.05, 0.1) is 11.9 Å². The lowest BCUT2D eigenvalue weighted by Gasteiger charge is -2.31. The van der Waals surface area contributed by atoms with Crippen molar-refractivity contribution in [3.8, 4) is 0 Å². The number of thiazole rings is 1. The third-order valence-electron chi connectivity index (χ3n) is 4.49. The summed E-state index contributed by atoms with van der Waals surface area (Å²) in [5.74, 6) is 1.67. The molecule has 1 N–H and O–H groups in total. The van der Waals surface area contributed by atoms with E-state index in [9.17, 15) is 4.79 Å². The highest BCUT2D eigenvalue weighted by atomic mass is 32.1. The first-order chi connectivity index (χ1) is 11.3. The molecule has 6 nitrogen and oxygen atoms in total. The summed E-state index contributed by atoms with van der Waals surface area (Å²) < 4.78 is 0. The van der Waals surface area contributed by atoms with Crippen molar-refractivity contribution >= 4 is 28.2 Å². The average Bonchev–Trinajstić information content (AvgIpc) is 3.36. The maximum absolute atomic E-state index is 12.4. The number of aromatic nitrogens is 3. The summed E-state index contributed by atoms with van der Waals surface area (Å²) in [6.07, 6.45) is 9.29. The fraction of sp³-hybridized carbons (Fsp3) is 0.500. The standard InChI is InChI=1S/C16H19N5OS/c22-15(20-16-19-13(10-23-16)11-1-2-11)12-3-7-21(8-4-12)14-9-17-5-6-18-14/h5-6,9-12H,1-4,7-8H2,(H,19,20,22). The Bertz CT molecular complexity index is 677. The molecule has 0 bridgehead atoms. The molecule has 1 saturated heterocycles. The summed E-state index contributed by atoms with van der Waals surface area (Å²) in [6.45, 7) is 1.67. The van der Waals surface area contributed by atoms with Gasteiger partial charge in [-0.15, -0.1) is 11.3 Å². The molecule has 23 heavy (non-hydrogen) atoms. The fourth-order valence-corrected chi connectivity index (χ4v) is 3.74. The van der Waals surface area contributed by atoms with Crippen molar-refractivity contribution in [2.24, 2.45) is 5.92 Å². The topological polar surface area (TPSA) is 71.0 Å². The van der Waals surface area contributed by atoms with E-state index in [1.807, 2.05) is 0 Å². The predicted octanol–water partition coefficient (Wildman–Crippen LogP) is 2.67. The molecule has 0 spiro atoms. The van der Waals surface area contributed by atoms with E-state index in [0.717, 1.165) is 42.6 Å². The highest BCUT2D eigenvalue weighted by molar-refractivity contribution is 7.13. The molecular weight excluding hydrogens is 310 g/mol. The zero-order valence-electron chi connectivity index (χ0n) is 12.8. The van der Waals surface area contributed by atoms with E-state index in [1.54, 1.807) is 18.6 Å². The first-order valence-corrected chi connectivity index (χ1v) is 8.95. The second kappa shape index (κ2) is 6.23. The van der Waals surface area contributed by atoms with Gasteiger partial charge in [-0.2, -0.15) is 0 Å². The Morgan fingerprint density at radius 3 is 2.74 bits per heavy atom. The molecule has 2 aromatic rings. The molecular formula is C16H19N5OS. The second-order valence-electron chi connectivity index (χ2n) is 6.17. The minimum Gasteiger partial charge on any atom is -0.355 e. The third kappa shape index (κ3) is 3.34. The van der Waals surface area contributed by atoms with Crippen LogP contribution in [0.5, 0.6) is 0 Å². The molecule has 0 atom stereocenters. The first kappa shape index (κ1) is 14.6. The summed E-state index contributed by atoms with van der Waals surface area (Å²) >= 11 is 1.54. The van der Waals surface area contributed by atoms with Crippen molar-refractivity contribution in [2.45, 2.75) is 31.6 Å². The normalized spacial score (nSPS) is 18.9. The SMILES string of the molecule is O=C(Nc1nc(C2CC2)cs1)C1CCN(c2cnccn2)CC1. The monoisotopic (exact) mass is 329 g/mol. The Labute approximate surface area is 139 Å². The number of carbonyl (C=O) groups is 1. The van der Waals surface area contributed by atoms with Crippen LogP contribution in [0.25, 0.3) is 0 Å². The molecule has 7 heteroatoms. The Kier molecular flexibility index (Phi) is 3.95. The Morgan fingerprint density at radius 2 is 2.04 bits per heavy atom.